The van der Waals surface area contributed by atoms with Crippen molar-refractivity contribution in [3.63, 3.8) is 0 Å². The summed E-state index contributed by atoms with van der Waals surface area (Å²) in [7, 11) is 0. The van der Waals surface area contributed by atoms with Gasteiger partial charge in [-0.2, -0.15) is 0 Å². The third-order valence-electron chi connectivity index (χ3n) is 2.62. The van der Waals surface area contributed by atoms with Crippen LogP contribution < -0.4 is 0 Å². The Morgan fingerprint density at radius 2 is 1.94 bits per heavy atom. The molecule has 1 aromatic carbocycles. The molecule has 0 bridgehead atoms. The Bertz CT molecular complexity index is 719. The molecule has 3 aromatic rings. The van der Waals surface area contributed by atoms with Crippen molar-refractivity contribution in [3.8, 4) is 11.4 Å². The fraction of sp³-hybridized carbons (Fsp3) is 0. The summed E-state index contributed by atoms with van der Waals surface area (Å²) in [6, 6.07) is 11.2. The van der Waals surface area contributed by atoms with Crippen LogP contribution in [-0.4, -0.2) is 20.9 Å². The van der Waals surface area contributed by atoms with Gasteiger partial charge in [0, 0.05) is 16.2 Å². The summed E-state index contributed by atoms with van der Waals surface area (Å²) in [4.78, 5) is 15.3. The Labute approximate surface area is 111 Å². The van der Waals surface area contributed by atoms with Gasteiger partial charge in [0.15, 0.2) is 17.8 Å². The number of hydrogen-bond donors (Lipinski definition) is 0. The van der Waals surface area contributed by atoms with E-state index in [0.29, 0.717) is 17.0 Å². The van der Waals surface area contributed by atoms with E-state index in [4.69, 9.17) is 0 Å². The highest BCUT2D eigenvalue weighted by Gasteiger charge is 2.08. The molecule has 18 heavy (non-hydrogen) atoms. The molecule has 0 aliphatic rings. The summed E-state index contributed by atoms with van der Waals surface area (Å²) in [6.45, 7) is 0. The van der Waals surface area contributed by atoms with Crippen LogP contribution in [0.15, 0.2) is 47.1 Å². The number of pyridine rings is 1. The normalized spacial score (nSPS) is 10.7. The molecule has 0 radical (unpaired) electrons. The number of aldehydes is 1. The summed E-state index contributed by atoms with van der Waals surface area (Å²) >= 11 is 3.38. The largest absolute Gasteiger partial charge is 0.298 e. The fourth-order valence-electron chi connectivity index (χ4n) is 1.74. The minimum absolute atomic E-state index is 0.536. The van der Waals surface area contributed by atoms with Gasteiger partial charge in [0.1, 0.15) is 0 Å². The molecule has 5 heteroatoms. The van der Waals surface area contributed by atoms with Crippen LogP contribution in [0.1, 0.15) is 10.4 Å². The van der Waals surface area contributed by atoms with Gasteiger partial charge < -0.3 is 0 Å². The van der Waals surface area contributed by atoms with Crippen molar-refractivity contribution < 1.29 is 4.79 Å². The molecule has 0 atom stereocenters. The van der Waals surface area contributed by atoms with E-state index in [2.05, 4.69) is 26.0 Å². The lowest BCUT2D eigenvalue weighted by molar-refractivity contribution is 0.112. The minimum Gasteiger partial charge on any atom is -0.298 e. The van der Waals surface area contributed by atoms with E-state index >= 15 is 0 Å². The van der Waals surface area contributed by atoms with Gasteiger partial charge in [-0.3, -0.25) is 4.79 Å². The Morgan fingerprint density at radius 1 is 1.17 bits per heavy atom. The zero-order chi connectivity index (χ0) is 12.5. The highest BCUT2D eigenvalue weighted by atomic mass is 79.9. The topological polar surface area (TPSA) is 47.3 Å². The standard InChI is InChI=1S/C13H8BrN3O/c14-11-5-3-9(4-6-11)12-15-13-10(8-18)2-1-7-17(13)16-12/h1-8H. The predicted molar refractivity (Wildman–Crippen MR) is 71.5 cm³/mol. The van der Waals surface area contributed by atoms with Crippen LogP contribution in [0.3, 0.4) is 0 Å². The van der Waals surface area contributed by atoms with Crippen LogP contribution in [0.2, 0.25) is 0 Å². The van der Waals surface area contributed by atoms with Gasteiger partial charge in [-0.15, -0.1) is 5.10 Å². The van der Waals surface area contributed by atoms with Crippen molar-refractivity contribution in [1.82, 2.24) is 14.6 Å². The van der Waals surface area contributed by atoms with E-state index < -0.39 is 0 Å². The van der Waals surface area contributed by atoms with Gasteiger partial charge in [0.2, 0.25) is 0 Å². The molecule has 0 amide bonds. The van der Waals surface area contributed by atoms with Gasteiger partial charge in [-0.1, -0.05) is 28.1 Å². The zero-order valence-corrected chi connectivity index (χ0v) is 10.8. The summed E-state index contributed by atoms with van der Waals surface area (Å²) in [5, 5.41) is 4.35. The van der Waals surface area contributed by atoms with Crippen LogP contribution in [-0.2, 0) is 0 Å². The summed E-state index contributed by atoms with van der Waals surface area (Å²) in [5.74, 6) is 0.608. The first-order valence-electron chi connectivity index (χ1n) is 5.34. The molecule has 3 rings (SSSR count). The van der Waals surface area contributed by atoms with Gasteiger partial charge in [0.05, 0.1) is 5.56 Å². The second-order valence-corrected chi connectivity index (χ2v) is 4.71. The third kappa shape index (κ3) is 1.82. The summed E-state index contributed by atoms with van der Waals surface area (Å²) < 4.78 is 2.62. The Hall–Kier alpha value is -2.01. The number of aromatic nitrogens is 3. The van der Waals surface area contributed by atoms with E-state index in [1.54, 1.807) is 22.8 Å². The van der Waals surface area contributed by atoms with E-state index in [0.717, 1.165) is 16.3 Å². The van der Waals surface area contributed by atoms with Gasteiger partial charge >= 0.3 is 0 Å². The molecule has 0 saturated heterocycles. The molecule has 2 aromatic heterocycles. The lowest BCUT2D eigenvalue weighted by Gasteiger charge is -1.93. The minimum atomic E-state index is 0.536. The Kier molecular flexibility index (Phi) is 2.68. The quantitative estimate of drug-likeness (QED) is 0.684. The van der Waals surface area contributed by atoms with E-state index in [-0.39, 0.29) is 0 Å². The Morgan fingerprint density at radius 3 is 2.67 bits per heavy atom. The van der Waals surface area contributed by atoms with Gasteiger partial charge in [-0.25, -0.2) is 9.50 Å². The predicted octanol–water partition coefficient (Wildman–Crippen LogP) is 2.97. The molecule has 0 spiro atoms. The number of hydrogen-bond acceptors (Lipinski definition) is 3. The first-order valence-corrected chi connectivity index (χ1v) is 6.14. The molecule has 0 fully saturated rings. The van der Waals surface area contributed by atoms with Crippen molar-refractivity contribution in [2.45, 2.75) is 0 Å². The van der Waals surface area contributed by atoms with Crippen molar-refractivity contribution >= 4 is 27.9 Å². The second-order valence-electron chi connectivity index (χ2n) is 3.79. The van der Waals surface area contributed by atoms with Crippen molar-refractivity contribution in [3.05, 3.63) is 52.6 Å². The molecule has 2 heterocycles. The molecular formula is C13H8BrN3O. The number of carbonyl (C=O) groups is 1. The first-order chi connectivity index (χ1) is 8.78. The fourth-order valence-corrected chi connectivity index (χ4v) is 2.00. The molecular weight excluding hydrogens is 294 g/mol. The van der Waals surface area contributed by atoms with Crippen LogP contribution >= 0.6 is 15.9 Å². The number of carbonyl (C=O) groups excluding carboxylic acids is 1. The molecule has 4 nitrogen and oxygen atoms in total. The zero-order valence-electron chi connectivity index (χ0n) is 9.25. The lowest BCUT2D eigenvalue weighted by atomic mass is 10.2. The van der Waals surface area contributed by atoms with E-state index in [1.807, 2.05) is 24.3 Å². The van der Waals surface area contributed by atoms with Gasteiger partial charge in [-0.05, 0) is 24.3 Å². The average Bonchev–Trinajstić information content (AvgIpc) is 2.83. The Balaban J connectivity index is 2.19. The molecule has 0 N–H and O–H groups in total. The second kappa shape index (κ2) is 4.34. The highest BCUT2D eigenvalue weighted by Crippen LogP contribution is 2.20. The van der Waals surface area contributed by atoms with Crippen LogP contribution in [0.4, 0.5) is 0 Å². The maximum Gasteiger partial charge on any atom is 0.182 e. The van der Waals surface area contributed by atoms with Crippen molar-refractivity contribution in [2.24, 2.45) is 0 Å². The van der Waals surface area contributed by atoms with E-state index in [9.17, 15) is 4.79 Å². The first kappa shape index (κ1) is 11.1. The average molecular weight is 302 g/mol. The molecule has 88 valence electrons. The number of benzene rings is 1. The SMILES string of the molecule is O=Cc1cccn2nc(-c3ccc(Br)cc3)nc12. The number of nitrogens with zero attached hydrogens (tertiary/aromatic N) is 3. The molecule has 0 aliphatic carbocycles. The number of fused-ring (bicyclic) bond motifs is 1. The highest BCUT2D eigenvalue weighted by molar-refractivity contribution is 9.10. The van der Waals surface area contributed by atoms with Crippen molar-refractivity contribution in [1.29, 1.82) is 0 Å². The van der Waals surface area contributed by atoms with Crippen LogP contribution in [0, 0.1) is 0 Å². The maximum absolute atomic E-state index is 10.9. The summed E-state index contributed by atoms with van der Waals surface area (Å²) in [5.41, 5.74) is 2.03. The maximum atomic E-state index is 10.9. The molecule has 0 aliphatic heterocycles. The number of halogens is 1. The lowest BCUT2D eigenvalue weighted by Crippen LogP contribution is -1.90. The van der Waals surface area contributed by atoms with Crippen LogP contribution in [0.5, 0.6) is 0 Å². The third-order valence-corrected chi connectivity index (χ3v) is 3.15. The molecule has 0 saturated carbocycles. The monoisotopic (exact) mass is 301 g/mol. The van der Waals surface area contributed by atoms with Crippen molar-refractivity contribution in [2.75, 3.05) is 0 Å². The number of rotatable bonds is 2. The van der Waals surface area contributed by atoms with E-state index in [1.165, 1.54) is 0 Å². The molecule has 0 unspecified atom stereocenters. The van der Waals surface area contributed by atoms with Crippen LogP contribution in [0.25, 0.3) is 17.0 Å². The van der Waals surface area contributed by atoms with Gasteiger partial charge in [0.25, 0.3) is 0 Å². The smallest absolute Gasteiger partial charge is 0.182 e. The summed E-state index contributed by atoms with van der Waals surface area (Å²) in [6.07, 6.45) is 2.56.